The van der Waals surface area contributed by atoms with E-state index in [0.717, 1.165) is 5.56 Å². The Morgan fingerprint density at radius 2 is 1.86 bits per heavy atom. The zero-order chi connectivity index (χ0) is 15.6. The molecule has 1 saturated carbocycles. The standard InChI is InChI=1S/C15H19F3N2O/c1-9-8-12(19)6-7-13(9)20-14(21)10-2-4-11(5-3-10)15(16,17)18/h6-8,10-11H,2-5,19H2,1H3,(H,20,21). The summed E-state index contributed by atoms with van der Waals surface area (Å²) in [5.74, 6) is -1.82. The van der Waals surface area contributed by atoms with Crippen molar-refractivity contribution in [2.75, 3.05) is 11.1 Å². The Morgan fingerprint density at radius 3 is 2.38 bits per heavy atom. The Bertz CT molecular complexity index is 520. The van der Waals surface area contributed by atoms with Crippen molar-refractivity contribution in [1.82, 2.24) is 0 Å². The van der Waals surface area contributed by atoms with Crippen molar-refractivity contribution in [3.63, 3.8) is 0 Å². The maximum absolute atomic E-state index is 12.6. The number of nitrogens with one attached hydrogen (secondary N) is 1. The number of alkyl halides is 3. The average molecular weight is 300 g/mol. The van der Waals surface area contributed by atoms with Crippen LogP contribution in [0, 0.1) is 18.8 Å². The van der Waals surface area contributed by atoms with Crippen molar-refractivity contribution in [1.29, 1.82) is 0 Å². The molecule has 2 rings (SSSR count). The van der Waals surface area contributed by atoms with Crippen LogP contribution in [0.3, 0.4) is 0 Å². The lowest BCUT2D eigenvalue weighted by Gasteiger charge is -2.29. The fraction of sp³-hybridized carbons (Fsp3) is 0.533. The van der Waals surface area contributed by atoms with Gasteiger partial charge in [-0.05, 0) is 56.4 Å². The second-order valence-corrected chi connectivity index (χ2v) is 5.65. The molecule has 0 aromatic heterocycles. The second kappa shape index (κ2) is 5.95. The maximum Gasteiger partial charge on any atom is 0.391 e. The molecular formula is C15H19F3N2O. The topological polar surface area (TPSA) is 55.1 Å². The molecule has 21 heavy (non-hydrogen) atoms. The van der Waals surface area contributed by atoms with E-state index in [1.165, 1.54) is 0 Å². The normalized spacial score (nSPS) is 22.9. The number of hydrogen-bond acceptors (Lipinski definition) is 2. The van der Waals surface area contributed by atoms with E-state index >= 15 is 0 Å². The largest absolute Gasteiger partial charge is 0.399 e. The molecule has 1 fully saturated rings. The van der Waals surface area contributed by atoms with Crippen LogP contribution in [-0.4, -0.2) is 12.1 Å². The minimum absolute atomic E-state index is 0.0301. The van der Waals surface area contributed by atoms with Gasteiger partial charge in [-0.25, -0.2) is 0 Å². The number of carbonyl (C=O) groups is 1. The first kappa shape index (κ1) is 15.7. The van der Waals surface area contributed by atoms with E-state index in [1.807, 2.05) is 6.92 Å². The predicted molar refractivity (Wildman–Crippen MR) is 75.7 cm³/mol. The zero-order valence-electron chi connectivity index (χ0n) is 11.8. The smallest absolute Gasteiger partial charge is 0.391 e. The number of nitrogens with two attached hydrogens (primary N) is 1. The third kappa shape index (κ3) is 3.89. The molecule has 3 nitrogen and oxygen atoms in total. The van der Waals surface area contributed by atoms with E-state index in [0.29, 0.717) is 11.4 Å². The molecule has 116 valence electrons. The van der Waals surface area contributed by atoms with Crippen LogP contribution >= 0.6 is 0 Å². The van der Waals surface area contributed by atoms with Gasteiger partial charge in [-0.2, -0.15) is 13.2 Å². The number of benzene rings is 1. The van der Waals surface area contributed by atoms with Crippen LogP contribution in [0.1, 0.15) is 31.2 Å². The quantitative estimate of drug-likeness (QED) is 0.814. The molecule has 1 aromatic rings. The van der Waals surface area contributed by atoms with Crippen LogP contribution in [0.15, 0.2) is 18.2 Å². The number of carbonyl (C=O) groups excluding carboxylic acids is 1. The molecule has 0 saturated heterocycles. The van der Waals surface area contributed by atoms with Crippen molar-refractivity contribution in [2.45, 2.75) is 38.8 Å². The fourth-order valence-electron chi connectivity index (χ4n) is 2.74. The molecule has 1 aliphatic rings. The summed E-state index contributed by atoms with van der Waals surface area (Å²) in [5.41, 5.74) is 7.74. The Labute approximate surface area is 121 Å². The van der Waals surface area contributed by atoms with Gasteiger partial charge in [-0.1, -0.05) is 0 Å². The first-order valence-corrected chi connectivity index (χ1v) is 7.01. The molecule has 3 N–H and O–H groups in total. The predicted octanol–water partition coefficient (Wildman–Crippen LogP) is 3.88. The molecule has 0 unspecified atom stereocenters. The fourth-order valence-corrected chi connectivity index (χ4v) is 2.74. The molecule has 1 amide bonds. The third-order valence-electron chi connectivity index (χ3n) is 4.07. The number of anilines is 2. The number of halogens is 3. The van der Waals surface area contributed by atoms with E-state index in [9.17, 15) is 18.0 Å². The molecule has 0 spiro atoms. The van der Waals surface area contributed by atoms with Crippen LogP contribution in [0.4, 0.5) is 24.5 Å². The Morgan fingerprint density at radius 1 is 1.24 bits per heavy atom. The van der Waals surface area contributed by atoms with Gasteiger partial charge in [-0.3, -0.25) is 4.79 Å². The van der Waals surface area contributed by atoms with Gasteiger partial charge >= 0.3 is 6.18 Å². The van der Waals surface area contributed by atoms with Crippen LogP contribution in [-0.2, 0) is 4.79 Å². The minimum Gasteiger partial charge on any atom is -0.399 e. The summed E-state index contributed by atoms with van der Waals surface area (Å²) in [5, 5.41) is 2.78. The lowest BCUT2D eigenvalue weighted by molar-refractivity contribution is -0.184. The summed E-state index contributed by atoms with van der Waals surface area (Å²) in [6, 6.07) is 5.14. The molecule has 1 aliphatic carbocycles. The summed E-state index contributed by atoms with van der Waals surface area (Å²) >= 11 is 0. The summed E-state index contributed by atoms with van der Waals surface area (Å²) in [7, 11) is 0. The molecular weight excluding hydrogens is 281 g/mol. The molecule has 0 heterocycles. The van der Waals surface area contributed by atoms with Gasteiger partial charge in [0, 0.05) is 17.3 Å². The Kier molecular flexibility index (Phi) is 4.44. The first-order valence-electron chi connectivity index (χ1n) is 7.01. The van der Waals surface area contributed by atoms with E-state index in [4.69, 9.17) is 5.73 Å². The molecule has 1 aromatic carbocycles. The van der Waals surface area contributed by atoms with Crippen LogP contribution in [0.2, 0.25) is 0 Å². The van der Waals surface area contributed by atoms with Crippen molar-refractivity contribution in [3.8, 4) is 0 Å². The first-order chi connectivity index (χ1) is 9.77. The Hall–Kier alpha value is -1.72. The van der Waals surface area contributed by atoms with Crippen molar-refractivity contribution in [3.05, 3.63) is 23.8 Å². The van der Waals surface area contributed by atoms with Gasteiger partial charge in [-0.15, -0.1) is 0 Å². The van der Waals surface area contributed by atoms with Gasteiger partial charge in [0.25, 0.3) is 0 Å². The van der Waals surface area contributed by atoms with Crippen LogP contribution < -0.4 is 11.1 Å². The van der Waals surface area contributed by atoms with Gasteiger partial charge in [0.1, 0.15) is 0 Å². The van der Waals surface area contributed by atoms with E-state index < -0.39 is 12.1 Å². The summed E-state index contributed by atoms with van der Waals surface area (Å²) in [4.78, 5) is 12.1. The van der Waals surface area contributed by atoms with Gasteiger partial charge in [0.15, 0.2) is 0 Å². The highest BCUT2D eigenvalue weighted by atomic mass is 19.4. The summed E-state index contributed by atoms with van der Waals surface area (Å²) in [6.45, 7) is 1.83. The van der Waals surface area contributed by atoms with Gasteiger partial charge < -0.3 is 11.1 Å². The number of rotatable bonds is 2. The van der Waals surface area contributed by atoms with E-state index in [1.54, 1.807) is 18.2 Å². The summed E-state index contributed by atoms with van der Waals surface area (Å²) < 4.78 is 37.8. The monoisotopic (exact) mass is 300 g/mol. The lowest BCUT2D eigenvalue weighted by Crippen LogP contribution is -2.32. The highest BCUT2D eigenvalue weighted by molar-refractivity contribution is 5.93. The maximum atomic E-state index is 12.6. The molecule has 0 atom stereocenters. The van der Waals surface area contributed by atoms with Crippen LogP contribution in [0.25, 0.3) is 0 Å². The molecule has 0 bridgehead atoms. The number of amides is 1. The Balaban J connectivity index is 1.93. The third-order valence-corrected chi connectivity index (χ3v) is 4.07. The highest BCUT2D eigenvalue weighted by Crippen LogP contribution is 2.39. The van der Waals surface area contributed by atoms with E-state index in [-0.39, 0.29) is 37.5 Å². The molecule has 0 radical (unpaired) electrons. The average Bonchev–Trinajstić information content (AvgIpc) is 2.41. The lowest BCUT2D eigenvalue weighted by atomic mass is 9.81. The van der Waals surface area contributed by atoms with Gasteiger partial charge in [0.05, 0.1) is 5.92 Å². The van der Waals surface area contributed by atoms with Crippen LogP contribution in [0.5, 0.6) is 0 Å². The SMILES string of the molecule is Cc1cc(N)ccc1NC(=O)C1CCC(C(F)(F)F)CC1. The summed E-state index contributed by atoms with van der Waals surface area (Å²) in [6.07, 6.45) is -3.52. The number of nitrogen functional groups attached to an aromatic ring is 1. The molecule has 6 heteroatoms. The number of hydrogen-bond donors (Lipinski definition) is 2. The van der Waals surface area contributed by atoms with Crippen molar-refractivity contribution in [2.24, 2.45) is 11.8 Å². The van der Waals surface area contributed by atoms with Crippen molar-refractivity contribution < 1.29 is 18.0 Å². The van der Waals surface area contributed by atoms with E-state index in [2.05, 4.69) is 5.32 Å². The van der Waals surface area contributed by atoms with Gasteiger partial charge in [0.2, 0.25) is 5.91 Å². The number of aryl methyl sites for hydroxylation is 1. The second-order valence-electron chi connectivity index (χ2n) is 5.65. The zero-order valence-corrected chi connectivity index (χ0v) is 11.8. The highest BCUT2D eigenvalue weighted by Gasteiger charge is 2.42. The van der Waals surface area contributed by atoms with Crippen molar-refractivity contribution >= 4 is 17.3 Å². The molecule has 0 aliphatic heterocycles. The minimum atomic E-state index is -4.14.